The van der Waals surface area contributed by atoms with E-state index in [0.717, 1.165) is 4.57 Å². The van der Waals surface area contributed by atoms with E-state index in [1.165, 1.54) is 32.2 Å². The molecule has 0 spiro atoms. The molecule has 0 aliphatic rings. The summed E-state index contributed by atoms with van der Waals surface area (Å²) in [5.41, 5.74) is -0.0936. The molecule has 2 aromatic rings. The summed E-state index contributed by atoms with van der Waals surface area (Å²) in [4.78, 5) is 23.2. The highest BCUT2D eigenvalue weighted by Gasteiger charge is 2.19. The first-order chi connectivity index (χ1) is 13.3. The van der Waals surface area contributed by atoms with Crippen LogP contribution in [-0.2, 0) is 11.3 Å². The number of pyridine rings is 1. The molecule has 28 heavy (non-hydrogen) atoms. The van der Waals surface area contributed by atoms with Gasteiger partial charge in [0.15, 0.2) is 5.69 Å². The first-order valence-electron chi connectivity index (χ1n) is 8.34. The molecule has 0 unspecified atom stereocenters. The summed E-state index contributed by atoms with van der Waals surface area (Å²) in [5, 5.41) is 38.5. The van der Waals surface area contributed by atoms with Crippen molar-refractivity contribution < 1.29 is 14.8 Å². The first kappa shape index (κ1) is 20.7. The second kappa shape index (κ2) is 8.88. The molecule has 0 atom stereocenters. The zero-order chi connectivity index (χ0) is 20.8. The molecular weight excluding hydrogens is 366 g/mol. The zero-order valence-electron chi connectivity index (χ0n) is 15.7. The number of azo groups is 1. The van der Waals surface area contributed by atoms with Gasteiger partial charge >= 0.3 is 0 Å². The Hall–Kier alpha value is -3.58. The highest BCUT2D eigenvalue weighted by Crippen LogP contribution is 2.29. The van der Waals surface area contributed by atoms with Gasteiger partial charge in [0.05, 0.1) is 10.6 Å². The molecule has 10 heteroatoms. The van der Waals surface area contributed by atoms with Gasteiger partial charge in [-0.1, -0.05) is 6.07 Å². The van der Waals surface area contributed by atoms with E-state index >= 15 is 0 Å². The van der Waals surface area contributed by atoms with Crippen LogP contribution in [0.3, 0.4) is 0 Å². The Morgan fingerprint density at radius 3 is 2.68 bits per heavy atom. The van der Waals surface area contributed by atoms with E-state index in [9.17, 15) is 25.3 Å². The number of nitriles is 1. The summed E-state index contributed by atoms with van der Waals surface area (Å²) in [5.74, 6) is -0.439. The molecule has 1 aromatic carbocycles. The standard InChI is InChI=1S/C18H19N5O5/c1-11-5-6-13(9-15(11)23(26)27)20-21-16-12(2)14(10-19)17(24)22(18(16)25)7-4-8-28-3/h5-6,9,24H,4,7-8H2,1-3H3. The van der Waals surface area contributed by atoms with Crippen molar-refractivity contribution in [2.45, 2.75) is 26.8 Å². The molecule has 1 heterocycles. The van der Waals surface area contributed by atoms with Gasteiger partial charge in [-0.25, -0.2) is 0 Å². The van der Waals surface area contributed by atoms with Crippen LogP contribution >= 0.6 is 0 Å². The van der Waals surface area contributed by atoms with E-state index < -0.39 is 16.4 Å². The van der Waals surface area contributed by atoms with Gasteiger partial charge in [-0.2, -0.15) is 10.4 Å². The molecule has 0 aliphatic heterocycles. The second-order valence-corrected chi connectivity index (χ2v) is 6.02. The van der Waals surface area contributed by atoms with E-state index in [1.54, 1.807) is 6.92 Å². The minimum atomic E-state index is -0.615. The number of rotatable bonds is 7. The number of aryl methyl sites for hydroxylation is 1. The summed E-state index contributed by atoms with van der Waals surface area (Å²) in [6, 6.07) is 6.17. The van der Waals surface area contributed by atoms with Crippen LogP contribution < -0.4 is 5.56 Å². The number of ether oxygens (including phenoxy) is 1. The number of nitro benzene ring substituents is 1. The Kier molecular flexibility index (Phi) is 6.57. The van der Waals surface area contributed by atoms with Gasteiger partial charge in [0, 0.05) is 37.5 Å². The van der Waals surface area contributed by atoms with Crippen molar-refractivity contribution in [1.82, 2.24) is 4.57 Å². The molecule has 0 saturated heterocycles. The number of methoxy groups -OCH3 is 1. The van der Waals surface area contributed by atoms with Crippen LogP contribution in [0, 0.1) is 35.3 Å². The average Bonchev–Trinajstić information content (AvgIpc) is 2.65. The van der Waals surface area contributed by atoms with Gasteiger partial charge in [0.25, 0.3) is 11.2 Å². The highest BCUT2D eigenvalue weighted by atomic mass is 16.6. The Labute approximate surface area is 160 Å². The van der Waals surface area contributed by atoms with E-state index in [4.69, 9.17) is 4.74 Å². The largest absolute Gasteiger partial charge is 0.493 e. The molecule has 0 fully saturated rings. The first-order valence-corrected chi connectivity index (χ1v) is 8.34. The van der Waals surface area contributed by atoms with E-state index in [2.05, 4.69) is 10.2 Å². The van der Waals surface area contributed by atoms with Gasteiger partial charge < -0.3 is 9.84 Å². The van der Waals surface area contributed by atoms with Crippen LogP contribution in [0.15, 0.2) is 33.2 Å². The molecule has 1 N–H and O–H groups in total. The monoisotopic (exact) mass is 385 g/mol. The van der Waals surface area contributed by atoms with Crippen molar-refractivity contribution in [3.63, 3.8) is 0 Å². The molecule has 2 rings (SSSR count). The van der Waals surface area contributed by atoms with Crippen LogP contribution in [0.2, 0.25) is 0 Å². The minimum absolute atomic E-state index is 0.0825. The molecular formula is C18H19N5O5. The Morgan fingerprint density at radius 1 is 1.36 bits per heavy atom. The fraction of sp³-hybridized carbons (Fsp3) is 0.333. The molecule has 0 bridgehead atoms. The molecule has 0 saturated carbocycles. The SMILES string of the molecule is COCCCn1c(O)c(C#N)c(C)c(N=Nc2ccc(C)c([N+](=O)[O-])c2)c1=O. The average molecular weight is 385 g/mol. The Bertz CT molecular complexity index is 1040. The second-order valence-electron chi connectivity index (χ2n) is 6.02. The molecule has 0 aliphatic carbocycles. The van der Waals surface area contributed by atoms with Crippen LogP contribution in [0.5, 0.6) is 5.88 Å². The predicted molar refractivity (Wildman–Crippen MR) is 100 cm³/mol. The van der Waals surface area contributed by atoms with Crippen molar-refractivity contribution in [3.8, 4) is 11.9 Å². The smallest absolute Gasteiger partial charge is 0.281 e. The van der Waals surface area contributed by atoms with Crippen molar-refractivity contribution in [2.24, 2.45) is 10.2 Å². The van der Waals surface area contributed by atoms with Crippen LogP contribution in [-0.4, -0.2) is 28.3 Å². The van der Waals surface area contributed by atoms with Crippen LogP contribution in [0.4, 0.5) is 17.1 Å². The number of hydrogen-bond acceptors (Lipinski definition) is 8. The third kappa shape index (κ3) is 4.21. The third-order valence-electron chi connectivity index (χ3n) is 4.15. The fourth-order valence-electron chi connectivity index (χ4n) is 2.60. The van der Waals surface area contributed by atoms with Gasteiger partial charge in [0.1, 0.15) is 11.6 Å². The lowest BCUT2D eigenvalue weighted by Gasteiger charge is -2.12. The normalized spacial score (nSPS) is 10.9. The summed E-state index contributed by atoms with van der Waals surface area (Å²) in [6.45, 7) is 3.57. The fourth-order valence-corrected chi connectivity index (χ4v) is 2.60. The zero-order valence-corrected chi connectivity index (χ0v) is 15.7. The number of aromatic nitrogens is 1. The number of nitro groups is 1. The third-order valence-corrected chi connectivity index (χ3v) is 4.15. The van der Waals surface area contributed by atoms with Crippen molar-refractivity contribution in [1.29, 1.82) is 5.26 Å². The van der Waals surface area contributed by atoms with Gasteiger partial charge in [-0.15, -0.1) is 5.11 Å². The maximum Gasteiger partial charge on any atom is 0.281 e. The maximum absolute atomic E-state index is 12.7. The van der Waals surface area contributed by atoms with Crippen LogP contribution in [0.25, 0.3) is 0 Å². The Morgan fingerprint density at radius 2 is 2.07 bits per heavy atom. The molecule has 0 radical (unpaired) electrons. The summed E-state index contributed by atoms with van der Waals surface area (Å²) in [7, 11) is 1.51. The lowest BCUT2D eigenvalue weighted by molar-refractivity contribution is -0.385. The van der Waals surface area contributed by atoms with Crippen molar-refractivity contribution in [2.75, 3.05) is 13.7 Å². The summed E-state index contributed by atoms with van der Waals surface area (Å²) < 4.78 is 5.98. The lowest BCUT2D eigenvalue weighted by atomic mass is 10.1. The topological polar surface area (TPSA) is 143 Å². The van der Waals surface area contributed by atoms with Gasteiger partial charge in [-0.05, 0) is 26.3 Å². The van der Waals surface area contributed by atoms with Crippen molar-refractivity contribution >= 4 is 17.1 Å². The van der Waals surface area contributed by atoms with E-state index in [1.807, 2.05) is 6.07 Å². The molecule has 0 amide bonds. The molecule has 10 nitrogen and oxygen atoms in total. The summed E-state index contributed by atoms with van der Waals surface area (Å²) in [6.07, 6.45) is 0.443. The highest BCUT2D eigenvalue weighted by molar-refractivity contribution is 5.57. The Balaban J connectivity index is 2.53. The molecule has 146 valence electrons. The van der Waals surface area contributed by atoms with Gasteiger partial charge in [-0.3, -0.25) is 19.5 Å². The van der Waals surface area contributed by atoms with E-state index in [-0.39, 0.29) is 34.7 Å². The van der Waals surface area contributed by atoms with Gasteiger partial charge in [0.2, 0.25) is 5.88 Å². The minimum Gasteiger partial charge on any atom is -0.493 e. The lowest BCUT2D eigenvalue weighted by Crippen LogP contribution is -2.22. The summed E-state index contributed by atoms with van der Waals surface area (Å²) >= 11 is 0. The maximum atomic E-state index is 12.7. The quantitative estimate of drug-likeness (QED) is 0.335. The van der Waals surface area contributed by atoms with Crippen molar-refractivity contribution in [3.05, 3.63) is 55.4 Å². The predicted octanol–water partition coefficient (Wildman–Crippen LogP) is 3.40. The van der Waals surface area contributed by atoms with E-state index in [0.29, 0.717) is 18.6 Å². The number of aromatic hydroxyl groups is 1. The number of hydrogen-bond donors (Lipinski definition) is 1. The molecule has 1 aromatic heterocycles. The number of benzene rings is 1. The van der Waals surface area contributed by atoms with Crippen LogP contribution in [0.1, 0.15) is 23.1 Å². The number of nitrogens with zero attached hydrogens (tertiary/aromatic N) is 5.